The van der Waals surface area contributed by atoms with Crippen LogP contribution in [0.1, 0.15) is 42.1 Å². The predicted octanol–water partition coefficient (Wildman–Crippen LogP) is 4.71. The first-order valence-corrected chi connectivity index (χ1v) is 9.24. The van der Waals surface area contributed by atoms with Gasteiger partial charge in [-0.1, -0.05) is 40.9 Å². The molecule has 26 heavy (non-hydrogen) atoms. The Bertz CT molecular complexity index is 816. The highest BCUT2D eigenvalue weighted by Gasteiger charge is 2.23. The number of hydrogen-bond donors (Lipinski definition) is 2. The second-order valence-corrected chi connectivity index (χ2v) is 7.63. The standard InChI is InChI=1S/C20H23Cl2FN2O/c1-10-6-11(2)19(12(3)7-10)25-20(26)14(5)24-13(4)15-8-18(23)17(22)9-16(15)21/h6-9,13-14,24H,1-5H3,(H,25,26)/p+1/t13-,14-/m1/s1. The lowest BCUT2D eigenvalue weighted by Gasteiger charge is -2.19. The number of amides is 1. The number of nitrogens with two attached hydrogens (primary N) is 1. The average molecular weight is 398 g/mol. The van der Waals surface area contributed by atoms with Gasteiger partial charge >= 0.3 is 0 Å². The van der Waals surface area contributed by atoms with E-state index in [9.17, 15) is 9.18 Å². The number of benzene rings is 2. The Kier molecular flexibility index (Phi) is 6.67. The molecule has 2 atom stereocenters. The number of anilines is 1. The lowest BCUT2D eigenvalue weighted by molar-refractivity contribution is -0.709. The molecule has 0 aromatic heterocycles. The zero-order valence-corrected chi connectivity index (χ0v) is 17.1. The van der Waals surface area contributed by atoms with E-state index < -0.39 is 5.82 Å². The van der Waals surface area contributed by atoms with Gasteiger partial charge in [0, 0.05) is 11.3 Å². The molecule has 0 saturated heterocycles. The maximum atomic E-state index is 13.7. The molecular formula is C20H24Cl2FN2O+. The first-order valence-electron chi connectivity index (χ1n) is 8.48. The Labute approximate surface area is 163 Å². The molecule has 1 amide bonds. The Hall–Kier alpha value is -1.62. The first-order chi connectivity index (χ1) is 12.1. The predicted molar refractivity (Wildman–Crippen MR) is 106 cm³/mol. The summed E-state index contributed by atoms with van der Waals surface area (Å²) in [5, 5.41) is 5.22. The van der Waals surface area contributed by atoms with Crippen LogP contribution in [0.2, 0.25) is 10.0 Å². The first kappa shape index (κ1) is 20.7. The highest BCUT2D eigenvalue weighted by atomic mass is 35.5. The minimum absolute atomic E-state index is 0.0120. The molecule has 0 heterocycles. The fourth-order valence-corrected chi connectivity index (χ4v) is 3.68. The van der Waals surface area contributed by atoms with Gasteiger partial charge in [-0.3, -0.25) is 4.79 Å². The summed E-state index contributed by atoms with van der Waals surface area (Å²) >= 11 is 11.9. The molecule has 0 radical (unpaired) electrons. The van der Waals surface area contributed by atoms with Crippen molar-refractivity contribution in [3.8, 4) is 0 Å². The van der Waals surface area contributed by atoms with Gasteiger partial charge < -0.3 is 10.6 Å². The van der Waals surface area contributed by atoms with Gasteiger partial charge in [0.1, 0.15) is 11.9 Å². The van der Waals surface area contributed by atoms with Crippen molar-refractivity contribution in [1.82, 2.24) is 0 Å². The fourth-order valence-electron chi connectivity index (χ4n) is 3.13. The Balaban J connectivity index is 2.11. The molecule has 0 aliphatic heterocycles. The van der Waals surface area contributed by atoms with E-state index in [-0.39, 0.29) is 23.0 Å². The van der Waals surface area contributed by atoms with Crippen molar-refractivity contribution < 1.29 is 14.5 Å². The molecule has 0 aliphatic carbocycles. The third-order valence-corrected chi connectivity index (χ3v) is 5.06. The number of carbonyl (C=O) groups excluding carboxylic acids is 1. The van der Waals surface area contributed by atoms with Crippen molar-refractivity contribution in [2.45, 2.75) is 46.7 Å². The Morgan fingerprint density at radius 3 is 2.19 bits per heavy atom. The van der Waals surface area contributed by atoms with Crippen LogP contribution >= 0.6 is 23.2 Å². The Morgan fingerprint density at radius 1 is 1.04 bits per heavy atom. The second-order valence-electron chi connectivity index (χ2n) is 6.82. The van der Waals surface area contributed by atoms with Gasteiger partial charge in [-0.15, -0.1) is 0 Å². The van der Waals surface area contributed by atoms with Crippen LogP contribution in [0.3, 0.4) is 0 Å². The molecule has 0 saturated carbocycles. The van der Waals surface area contributed by atoms with Crippen LogP contribution in [-0.2, 0) is 4.79 Å². The quantitative estimate of drug-likeness (QED) is 0.704. The molecule has 6 heteroatoms. The van der Waals surface area contributed by atoms with Crippen molar-refractivity contribution in [2.24, 2.45) is 0 Å². The van der Waals surface area contributed by atoms with Crippen molar-refractivity contribution in [1.29, 1.82) is 0 Å². The number of carbonyl (C=O) groups is 1. The minimum Gasteiger partial charge on any atom is -0.330 e. The van der Waals surface area contributed by atoms with Gasteiger partial charge in [0.2, 0.25) is 0 Å². The van der Waals surface area contributed by atoms with Gasteiger partial charge in [-0.2, -0.15) is 0 Å². The number of quaternary nitrogens is 1. The summed E-state index contributed by atoms with van der Waals surface area (Å²) < 4.78 is 13.7. The molecule has 2 rings (SSSR count). The number of rotatable bonds is 5. The summed E-state index contributed by atoms with van der Waals surface area (Å²) in [6, 6.07) is 6.22. The van der Waals surface area contributed by atoms with Crippen LogP contribution in [0.5, 0.6) is 0 Å². The van der Waals surface area contributed by atoms with Crippen molar-refractivity contribution in [3.05, 3.63) is 62.4 Å². The summed E-state index contributed by atoms with van der Waals surface area (Å²) in [5.74, 6) is -0.633. The van der Waals surface area contributed by atoms with Crippen LogP contribution in [-0.4, -0.2) is 11.9 Å². The van der Waals surface area contributed by atoms with Gasteiger partial charge in [-0.25, -0.2) is 4.39 Å². The summed E-state index contributed by atoms with van der Waals surface area (Å²) in [5.41, 5.74) is 4.66. The summed E-state index contributed by atoms with van der Waals surface area (Å²) in [7, 11) is 0. The Morgan fingerprint density at radius 2 is 1.62 bits per heavy atom. The van der Waals surface area contributed by atoms with Gasteiger partial charge in [-0.05, 0) is 57.9 Å². The van der Waals surface area contributed by atoms with Gasteiger partial charge in [0.25, 0.3) is 5.91 Å². The van der Waals surface area contributed by atoms with E-state index in [0.29, 0.717) is 10.6 Å². The fraction of sp³-hybridized carbons (Fsp3) is 0.350. The largest absolute Gasteiger partial charge is 0.330 e. The molecule has 0 spiro atoms. The molecule has 140 valence electrons. The summed E-state index contributed by atoms with van der Waals surface area (Å²) in [4.78, 5) is 12.6. The topological polar surface area (TPSA) is 45.7 Å². The summed E-state index contributed by atoms with van der Waals surface area (Å²) in [6.07, 6.45) is 0. The van der Waals surface area contributed by atoms with E-state index in [1.165, 1.54) is 12.1 Å². The third kappa shape index (κ3) is 4.76. The molecule has 3 N–H and O–H groups in total. The zero-order chi connectivity index (χ0) is 19.6. The second kappa shape index (κ2) is 8.38. The summed E-state index contributed by atoms with van der Waals surface area (Å²) in [6.45, 7) is 9.66. The molecule has 0 fully saturated rings. The van der Waals surface area contributed by atoms with Gasteiger partial charge in [0.05, 0.1) is 10.0 Å². The highest BCUT2D eigenvalue weighted by Crippen LogP contribution is 2.27. The molecule has 2 aromatic rings. The minimum atomic E-state index is -0.519. The number of nitrogens with one attached hydrogen (secondary N) is 1. The maximum absolute atomic E-state index is 13.7. The zero-order valence-electron chi connectivity index (χ0n) is 15.6. The van der Waals surface area contributed by atoms with Crippen LogP contribution in [0, 0.1) is 26.6 Å². The van der Waals surface area contributed by atoms with Crippen LogP contribution in [0.25, 0.3) is 0 Å². The van der Waals surface area contributed by atoms with Crippen molar-refractivity contribution >= 4 is 34.8 Å². The van der Waals surface area contributed by atoms with Crippen molar-refractivity contribution in [3.63, 3.8) is 0 Å². The monoisotopic (exact) mass is 397 g/mol. The third-order valence-electron chi connectivity index (χ3n) is 4.45. The molecule has 3 nitrogen and oxygen atoms in total. The average Bonchev–Trinajstić information content (AvgIpc) is 2.53. The lowest BCUT2D eigenvalue weighted by Crippen LogP contribution is -2.91. The molecule has 0 bridgehead atoms. The molecule has 2 aromatic carbocycles. The maximum Gasteiger partial charge on any atom is 0.282 e. The van der Waals surface area contributed by atoms with E-state index in [1.54, 1.807) is 0 Å². The molecule has 0 unspecified atom stereocenters. The highest BCUT2D eigenvalue weighted by molar-refractivity contribution is 6.35. The van der Waals surface area contributed by atoms with E-state index in [4.69, 9.17) is 23.2 Å². The van der Waals surface area contributed by atoms with E-state index in [2.05, 4.69) is 5.32 Å². The molecular weight excluding hydrogens is 374 g/mol. The van der Waals surface area contributed by atoms with Crippen LogP contribution < -0.4 is 10.6 Å². The van der Waals surface area contributed by atoms with E-state index in [1.807, 2.05) is 52.1 Å². The lowest BCUT2D eigenvalue weighted by atomic mass is 10.0. The van der Waals surface area contributed by atoms with Crippen LogP contribution in [0.4, 0.5) is 10.1 Å². The normalized spacial score (nSPS) is 13.4. The number of halogens is 3. The number of hydrogen-bond acceptors (Lipinski definition) is 1. The number of aryl methyl sites for hydroxylation is 3. The van der Waals surface area contributed by atoms with E-state index >= 15 is 0 Å². The van der Waals surface area contributed by atoms with Crippen LogP contribution in [0.15, 0.2) is 24.3 Å². The van der Waals surface area contributed by atoms with E-state index in [0.717, 1.165) is 22.4 Å². The smallest absolute Gasteiger partial charge is 0.282 e. The van der Waals surface area contributed by atoms with Gasteiger partial charge in [0.15, 0.2) is 6.04 Å². The molecule has 0 aliphatic rings. The SMILES string of the molecule is Cc1cc(C)c(NC(=O)[C@@H](C)[NH2+][C@H](C)c2cc(F)c(Cl)cc2Cl)c(C)c1. The van der Waals surface area contributed by atoms with Crippen molar-refractivity contribution in [2.75, 3.05) is 5.32 Å².